The molecule has 0 unspecified atom stereocenters. The molecule has 1 aliphatic rings. The van der Waals surface area contributed by atoms with Gasteiger partial charge in [0.05, 0.1) is 0 Å². The third kappa shape index (κ3) is 4.19. The van der Waals surface area contributed by atoms with Gasteiger partial charge in [-0.15, -0.1) is 0 Å². The van der Waals surface area contributed by atoms with Gasteiger partial charge in [0.25, 0.3) is 0 Å². The second kappa shape index (κ2) is 5.31. The average molecular weight is 255 g/mol. The van der Waals surface area contributed by atoms with Crippen LogP contribution < -0.4 is 10.6 Å². The van der Waals surface area contributed by atoms with Gasteiger partial charge in [0.1, 0.15) is 5.82 Å². The molecule has 1 aromatic rings. The first kappa shape index (κ1) is 12.1. The first-order valence-electron chi connectivity index (χ1n) is 5.68. The number of carbonyl (C=O) groups is 1. The number of carbonyl (C=O) groups excluding carboxylic acids is 1. The van der Waals surface area contributed by atoms with Crippen molar-refractivity contribution in [2.75, 3.05) is 11.9 Å². The van der Waals surface area contributed by atoms with Crippen molar-refractivity contribution in [3.05, 3.63) is 17.0 Å². The van der Waals surface area contributed by atoms with Crippen molar-refractivity contribution >= 4 is 23.3 Å². The molecule has 1 heterocycles. The summed E-state index contributed by atoms with van der Waals surface area (Å²) in [6, 6.07) is 2.21. The van der Waals surface area contributed by atoms with Gasteiger partial charge in [0.2, 0.25) is 11.2 Å². The van der Waals surface area contributed by atoms with Crippen LogP contribution in [0.5, 0.6) is 0 Å². The Morgan fingerprint density at radius 2 is 2.29 bits per heavy atom. The molecule has 92 valence electrons. The Morgan fingerprint density at radius 1 is 1.53 bits per heavy atom. The van der Waals surface area contributed by atoms with Crippen molar-refractivity contribution in [2.24, 2.45) is 0 Å². The molecular formula is C11H15ClN4O. The molecule has 0 spiro atoms. The van der Waals surface area contributed by atoms with Crippen LogP contribution in [0.3, 0.4) is 0 Å². The highest BCUT2D eigenvalue weighted by molar-refractivity contribution is 6.28. The molecule has 2 N–H and O–H groups in total. The minimum absolute atomic E-state index is 0.0804. The van der Waals surface area contributed by atoms with Crippen LogP contribution in [-0.4, -0.2) is 28.5 Å². The highest BCUT2D eigenvalue weighted by atomic mass is 35.5. The van der Waals surface area contributed by atoms with Crippen molar-refractivity contribution in [2.45, 2.75) is 32.2 Å². The molecule has 2 rings (SSSR count). The summed E-state index contributed by atoms with van der Waals surface area (Å²) in [5.41, 5.74) is 0.801. The fourth-order valence-corrected chi connectivity index (χ4v) is 1.68. The lowest BCUT2D eigenvalue weighted by Gasteiger charge is -2.06. The zero-order valence-corrected chi connectivity index (χ0v) is 10.4. The number of aryl methyl sites for hydroxylation is 1. The normalized spacial score (nSPS) is 14.5. The number of rotatable bonds is 5. The molecule has 0 atom stereocenters. The average Bonchev–Trinajstić information content (AvgIpc) is 3.00. The van der Waals surface area contributed by atoms with Crippen molar-refractivity contribution in [1.82, 2.24) is 15.3 Å². The van der Waals surface area contributed by atoms with E-state index in [9.17, 15) is 4.79 Å². The number of nitrogens with one attached hydrogen (secondary N) is 2. The van der Waals surface area contributed by atoms with Crippen LogP contribution in [0.4, 0.5) is 5.82 Å². The van der Waals surface area contributed by atoms with E-state index in [1.165, 1.54) is 0 Å². The van der Waals surface area contributed by atoms with Crippen molar-refractivity contribution in [3.8, 4) is 0 Å². The molecule has 1 aromatic heterocycles. The van der Waals surface area contributed by atoms with E-state index in [1.54, 1.807) is 6.07 Å². The molecule has 6 heteroatoms. The topological polar surface area (TPSA) is 66.9 Å². The molecule has 1 saturated carbocycles. The van der Waals surface area contributed by atoms with Gasteiger partial charge in [0.15, 0.2) is 0 Å². The number of hydrogen-bond acceptors (Lipinski definition) is 4. The molecule has 17 heavy (non-hydrogen) atoms. The summed E-state index contributed by atoms with van der Waals surface area (Å²) in [5, 5.41) is 6.20. The fraction of sp³-hybridized carbons (Fsp3) is 0.545. The van der Waals surface area contributed by atoms with E-state index >= 15 is 0 Å². The highest BCUT2D eigenvalue weighted by Gasteiger charge is 2.22. The van der Waals surface area contributed by atoms with Gasteiger partial charge in [-0.25, -0.2) is 9.97 Å². The molecular weight excluding hydrogens is 240 g/mol. The Kier molecular flexibility index (Phi) is 3.78. The Morgan fingerprint density at radius 3 is 2.94 bits per heavy atom. The molecule has 0 saturated heterocycles. The third-order valence-electron chi connectivity index (χ3n) is 2.43. The predicted octanol–water partition coefficient (Wildman–Crippen LogP) is 1.52. The highest BCUT2D eigenvalue weighted by Crippen LogP contribution is 2.18. The first-order chi connectivity index (χ1) is 8.13. The van der Waals surface area contributed by atoms with Gasteiger partial charge in [0, 0.05) is 30.8 Å². The Labute approximate surface area is 105 Å². The predicted molar refractivity (Wildman–Crippen MR) is 66.1 cm³/mol. The SMILES string of the molecule is Cc1cc(NCCC(=O)NC2CC2)nc(Cl)n1. The lowest BCUT2D eigenvalue weighted by atomic mass is 10.3. The van der Waals surface area contributed by atoms with E-state index < -0.39 is 0 Å². The van der Waals surface area contributed by atoms with Gasteiger partial charge in [-0.1, -0.05) is 0 Å². The quantitative estimate of drug-likeness (QED) is 0.782. The van der Waals surface area contributed by atoms with Gasteiger partial charge in [-0.05, 0) is 31.4 Å². The van der Waals surface area contributed by atoms with Crippen molar-refractivity contribution < 1.29 is 4.79 Å². The van der Waals surface area contributed by atoms with Crippen LogP contribution >= 0.6 is 11.6 Å². The molecule has 5 nitrogen and oxygen atoms in total. The summed E-state index contributed by atoms with van der Waals surface area (Å²) in [4.78, 5) is 19.4. The number of nitrogens with zero attached hydrogens (tertiary/aromatic N) is 2. The summed E-state index contributed by atoms with van der Waals surface area (Å²) in [6.07, 6.45) is 2.66. The lowest BCUT2D eigenvalue weighted by molar-refractivity contribution is -0.120. The van der Waals surface area contributed by atoms with Crippen LogP contribution in [0, 0.1) is 6.92 Å². The van der Waals surface area contributed by atoms with Crippen LogP contribution in [0.1, 0.15) is 25.0 Å². The zero-order chi connectivity index (χ0) is 12.3. The number of amides is 1. The number of anilines is 1. The smallest absolute Gasteiger partial charge is 0.224 e. The maximum Gasteiger partial charge on any atom is 0.224 e. The summed E-state index contributed by atoms with van der Waals surface area (Å²) in [7, 11) is 0. The van der Waals surface area contributed by atoms with Gasteiger partial charge in [-0.2, -0.15) is 0 Å². The Balaban J connectivity index is 1.74. The van der Waals surface area contributed by atoms with Crippen LogP contribution in [-0.2, 0) is 4.79 Å². The zero-order valence-electron chi connectivity index (χ0n) is 9.66. The van der Waals surface area contributed by atoms with E-state index in [1.807, 2.05) is 6.92 Å². The molecule has 1 aliphatic carbocycles. The Hall–Kier alpha value is -1.36. The largest absolute Gasteiger partial charge is 0.369 e. The molecule has 0 radical (unpaired) electrons. The maximum atomic E-state index is 11.4. The maximum absolute atomic E-state index is 11.4. The van der Waals surface area contributed by atoms with Crippen molar-refractivity contribution in [3.63, 3.8) is 0 Å². The third-order valence-corrected chi connectivity index (χ3v) is 2.60. The summed E-state index contributed by atoms with van der Waals surface area (Å²) >= 11 is 5.73. The molecule has 1 amide bonds. The number of halogens is 1. The molecule has 0 bridgehead atoms. The second-order valence-electron chi connectivity index (χ2n) is 4.18. The van der Waals surface area contributed by atoms with Crippen LogP contribution in [0.25, 0.3) is 0 Å². The number of hydrogen-bond donors (Lipinski definition) is 2. The molecule has 0 aliphatic heterocycles. The van der Waals surface area contributed by atoms with Gasteiger partial charge in [-0.3, -0.25) is 4.79 Å². The van der Waals surface area contributed by atoms with E-state index in [4.69, 9.17) is 11.6 Å². The van der Waals surface area contributed by atoms with Crippen molar-refractivity contribution in [1.29, 1.82) is 0 Å². The van der Waals surface area contributed by atoms with E-state index in [0.29, 0.717) is 24.8 Å². The van der Waals surface area contributed by atoms with E-state index in [0.717, 1.165) is 18.5 Å². The molecule has 0 aromatic carbocycles. The lowest BCUT2D eigenvalue weighted by Crippen LogP contribution is -2.27. The molecule has 1 fully saturated rings. The van der Waals surface area contributed by atoms with E-state index in [2.05, 4.69) is 20.6 Å². The first-order valence-corrected chi connectivity index (χ1v) is 6.06. The van der Waals surface area contributed by atoms with Crippen LogP contribution in [0.15, 0.2) is 6.07 Å². The van der Waals surface area contributed by atoms with Crippen LogP contribution in [0.2, 0.25) is 5.28 Å². The minimum atomic E-state index is 0.0804. The van der Waals surface area contributed by atoms with Gasteiger partial charge < -0.3 is 10.6 Å². The second-order valence-corrected chi connectivity index (χ2v) is 4.52. The number of aromatic nitrogens is 2. The summed E-state index contributed by atoms with van der Waals surface area (Å²) < 4.78 is 0. The summed E-state index contributed by atoms with van der Waals surface area (Å²) in [5.74, 6) is 0.735. The standard InChI is InChI=1S/C11H15ClN4O/c1-7-6-9(16-11(12)14-7)13-5-4-10(17)15-8-2-3-8/h6,8H,2-5H2,1H3,(H,15,17)(H,13,14,16). The van der Waals surface area contributed by atoms with Gasteiger partial charge >= 0.3 is 0 Å². The van der Waals surface area contributed by atoms with E-state index in [-0.39, 0.29) is 11.2 Å². The fourth-order valence-electron chi connectivity index (χ4n) is 1.45. The Bertz CT molecular complexity index is 400. The monoisotopic (exact) mass is 254 g/mol. The summed E-state index contributed by atoms with van der Waals surface area (Å²) in [6.45, 7) is 2.39. The minimum Gasteiger partial charge on any atom is -0.369 e.